The normalized spacial score (nSPS) is 10.0. The summed E-state index contributed by atoms with van der Waals surface area (Å²) >= 11 is 5.60. The van der Waals surface area contributed by atoms with Crippen LogP contribution in [0.3, 0.4) is 0 Å². The predicted octanol–water partition coefficient (Wildman–Crippen LogP) is 3.08. The van der Waals surface area contributed by atoms with Gasteiger partial charge in [-0.1, -0.05) is 31.4 Å². The monoisotopic (exact) mass is 227 g/mol. The Bertz CT molecular complexity index is 311. The topological polar surface area (TPSA) is 39.2 Å². The van der Waals surface area contributed by atoms with Crippen LogP contribution in [0.1, 0.15) is 36.5 Å². The van der Waals surface area contributed by atoms with Crippen molar-refractivity contribution in [3.05, 3.63) is 29.0 Å². The second-order valence-corrected chi connectivity index (χ2v) is 3.60. The second-order valence-electron chi connectivity index (χ2n) is 3.21. The molecule has 0 radical (unpaired) electrons. The molecule has 0 aromatic carbocycles. The Kier molecular flexibility index (Phi) is 5.12. The number of hydrogen-bond acceptors (Lipinski definition) is 3. The molecule has 1 aromatic heterocycles. The Balaban J connectivity index is 2.37. The zero-order valence-electron chi connectivity index (χ0n) is 8.70. The molecule has 15 heavy (non-hydrogen) atoms. The highest BCUT2D eigenvalue weighted by Crippen LogP contribution is 2.07. The highest BCUT2D eigenvalue weighted by Gasteiger charge is 2.06. The van der Waals surface area contributed by atoms with Crippen LogP contribution in [0.4, 0.5) is 0 Å². The Morgan fingerprint density at radius 3 is 2.87 bits per heavy atom. The van der Waals surface area contributed by atoms with E-state index in [-0.39, 0.29) is 5.97 Å². The molecule has 0 N–H and O–H groups in total. The van der Waals surface area contributed by atoms with Crippen LogP contribution in [0.25, 0.3) is 0 Å². The average molecular weight is 228 g/mol. The number of carbonyl (C=O) groups excluding carboxylic acids is 1. The summed E-state index contributed by atoms with van der Waals surface area (Å²) in [5.41, 5.74) is 0.441. The van der Waals surface area contributed by atoms with Crippen LogP contribution in [-0.4, -0.2) is 17.6 Å². The van der Waals surface area contributed by atoms with E-state index in [9.17, 15) is 4.79 Å². The Morgan fingerprint density at radius 1 is 1.47 bits per heavy atom. The largest absolute Gasteiger partial charge is 0.462 e. The number of unbranched alkanes of at least 4 members (excludes halogenated alkanes) is 2. The van der Waals surface area contributed by atoms with Gasteiger partial charge in [-0.15, -0.1) is 0 Å². The zero-order chi connectivity index (χ0) is 11.1. The fourth-order valence-corrected chi connectivity index (χ4v) is 1.21. The molecule has 0 unspecified atom stereocenters. The molecule has 0 fully saturated rings. The minimum absolute atomic E-state index is 0.338. The van der Waals surface area contributed by atoms with Crippen molar-refractivity contribution in [3.8, 4) is 0 Å². The second kappa shape index (κ2) is 6.40. The molecular formula is C11H14ClNO2. The Labute approximate surface area is 94.4 Å². The molecule has 0 bridgehead atoms. The van der Waals surface area contributed by atoms with Crippen LogP contribution >= 0.6 is 11.6 Å². The van der Waals surface area contributed by atoms with Crippen molar-refractivity contribution in [3.63, 3.8) is 0 Å². The summed E-state index contributed by atoms with van der Waals surface area (Å²) in [5.74, 6) is -0.338. The first kappa shape index (κ1) is 12.0. The van der Waals surface area contributed by atoms with Gasteiger partial charge in [0.15, 0.2) is 0 Å². The third-order valence-electron chi connectivity index (χ3n) is 1.94. The number of pyridine rings is 1. The standard InChI is InChI=1S/C11H14ClNO2/c1-2-3-4-7-15-11(14)9-5-6-10(12)13-8-9/h5-6,8H,2-4,7H2,1H3. The molecule has 1 heterocycles. The molecule has 0 spiro atoms. The predicted molar refractivity (Wildman–Crippen MR) is 59.1 cm³/mol. The molecule has 0 saturated carbocycles. The third-order valence-corrected chi connectivity index (χ3v) is 2.17. The average Bonchev–Trinajstić information content (AvgIpc) is 2.25. The van der Waals surface area contributed by atoms with Gasteiger partial charge in [0.25, 0.3) is 0 Å². The summed E-state index contributed by atoms with van der Waals surface area (Å²) in [4.78, 5) is 15.2. The summed E-state index contributed by atoms with van der Waals surface area (Å²) in [6.45, 7) is 2.57. The van der Waals surface area contributed by atoms with Crippen molar-refractivity contribution >= 4 is 17.6 Å². The molecular weight excluding hydrogens is 214 g/mol. The van der Waals surface area contributed by atoms with E-state index in [0.717, 1.165) is 19.3 Å². The number of nitrogens with zero attached hydrogens (tertiary/aromatic N) is 1. The van der Waals surface area contributed by atoms with Gasteiger partial charge in [-0.05, 0) is 18.6 Å². The number of hydrogen-bond donors (Lipinski definition) is 0. The lowest BCUT2D eigenvalue weighted by atomic mass is 10.2. The molecule has 0 saturated heterocycles. The van der Waals surface area contributed by atoms with Gasteiger partial charge in [-0.25, -0.2) is 9.78 Å². The smallest absolute Gasteiger partial charge is 0.339 e. The van der Waals surface area contributed by atoms with E-state index in [1.165, 1.54) is 6.20 Å². The van der Waals surface area contributed by atoms with Crippen LogP contribution < -0.4 is 0 Å². The van der Waals surface area contributed by atoms with Gasteiger partial charge in [0.1, 0.15) is 5.15 Å². The van der Waals surface area contributed by atoms with Crippen molar-refractivity contribution in [1.29, 1.82) is 0 Å². The molecule has 0 aliphatic rings. The first-order chi connectivity index (χ1) is 7.24. The lowest BCUT2D eigenvalue weighted by Crippen LogP contribution is -2.06. The number of carbonyl (C=O) groups is 1. The number of aromatic nitrogens is 1. The first-order valence-corrected chi connectivity index (χ1v) is 5.40. The molecule has 0 aliphatic carbocycles. The van der Waals surface area contributed by atoms with E-state index in [4.69, 9.17) is 16.3 Å². The van der Waals surface area contributed by atoms with Crippen molar-refractivity contribution in [2.24, 2.45) is 0 Å². The van der Waals surface area contributed by atoms with Crippen molar-refractivity contribution in [2.75, 3.05) is 6.61 Å². The maximum atomic E-state index is 11.4. The summed E-state index contributed by atoms with van der Waals surface area (Å²) in [5, 5.41) is 0.373. The molecule has 0 atom stereocenters. The molecule has 82 valence electrons. The summed E-state index contributed by atoms with van der Waals surface area (Å²) in [6, 6.07) is 3.18. The zero-order valence-corrected chi connectivity index (χ0v) is 9.46. The fourth-order valence-electron chi connectivity index (χ4n) is 1.10. The van der Waals surface area contributed by atoms with Gasteiger partial charge in [-0.3, -0.25) is 0 Å². The van der Waals surface area contributed by atoms with E-state index < -0.39 is 0 Å². The first-order valence-electron chi connectivity index (χ1n) is 5.02. The number of rotatable bonds is 5. The summed E-state index contributed by atoms with van der Waals surface area (Å²) in [6.07, 6.45) is 4.51. The lowest BCUT2D eigenvalue weighted by molar-refractivity contribution is 0.0497. The van der Waals surface area contributed by atoms with E-state index in [1.54, 1.807) is 12.1 Å². The van der Waals surface area contributed by atoms with Crippen molar-refractivity contribution in [1.82, 2.24) is 4.98 Å². The Morgan fingerprint density at radius 2 is 2.27 bits per heavy atom. The third kappa shape index (κ3) is 4.30. The van der Waals surface area contributed by atoms with Crippen LogP contribution in [0.2, 0.25) is 5.15 Å². The van der Waals surface area contributed by atoms with Crippen molar-refractivity contribution in [2.45, 2.75) is 26.2 Å². The summed E-state index contributed by atoms with van der Waals surface area (Å²) < 4.78 is 5.05. The van der Waals surface area contributed by atoms with Gasteiger partial charge in [0, 0.05) is 6.20 Å². The maximum absolute atomic E-state index is 11.4. The Hall–Kier alpha value is -1.09. The van der Waals surface area contributed by atoms with Crippen LogP contribution in [0.15, 0.2) is 18.3 Å². The number of halogens is 1. The van der Waals surface area contributed by atoms with Gasteiger partial charge in [0.05, 0.1) is 12.2 Å². The van der Waals surface area contributed by atoms with Gasteiger partial charge < -0.3 is 4.74 Å². The van der Waals surface area contributed by atoms with Gasteiger partial charge in [-0.2, -0.15) is 0 Å². The molecule has 1 aromatic rings. The van der Waals surface area contributed by atoms with Crippen LogP contribution in [0.5, 0.6) is 0 Å². The van der Waals surface area contributed by atoms with E-state index >= 15 is 0 Å². The fraction of sp³-hybridized carbons (Fsp3) is 0.455. The molecule has 4 heteroatoms. The molecule has 1 rings (SSSR count). The van der Waals surface area contributed by atoms with E-state index in [2.05, 4.69) is 11.9 Å². The van der Waals surface area contributed by atoms with Gasteiger partial charge >= 0.3 is 5.97 Å². The van der Waals surface area contributed by atoms with Crippen LogP contribution in [-0.2, 0) is 4.74 Å². The quantitative estimate of drug-likeness (QED) is 0.441. The number of esters is 1. The molecule has 0 amide bonds. The number of ether oxygens (including phenoxy) is 1. The van der Waals surface area contributed by atoms with Gasteiger partial charge in [0.2, 0.25) is 0 Å². The van der Waals surface area contributed by atoms with E-state index in [0.29, 0.717) is 17.3 Å². The SMILES string of the molecule is CCCCCOC(=O)c1ccc(Cl)nc1. The van der Waals surface area contributed by atoms with Crippen LogP contribution in [0, 0.1) is 0 Å². The minimum atomic E-state index is -0.338. The molecule has 3 nitrogen and oxygen atoms in total. The molecule has 0 aliphatic heterocycles. The summed E-state index contributed by atoms with van der Waals surface area (Å²) in [7, 11) is 0. The highest BCUT2D eigenvalue weighted by molar-refractivity contribution is 6.29. The van der Waals surface area contributed by atoms with Crippen molar-refractivity contribution < 1.29 is 9.53 Å². The maximum Gasteiger partial charge on any atom is 0.339 e. The van der Waals surface area contributed by atoms with E-state index in [1.807, 2.05) is 0 Å². The minimum Gasteiger partial charge on any atom is -0.462 e. The lowest BCUT2D eigenvalue weighted by Gasteiger charge is -2.03. The highest BCUT2D eigenvalue weighted by atomic mass is 35.5.